The molecule has 0 amide bonds. The Morgan fingerprint density at radius 1 is 1.58 bits per heavy atom. The van der Waals surface area contributed by atoms with Crippen LogP contribution in [0.15, 0.2) is 4.47 Å². The Balaban J connectivity index is 2.19. The van der Waals surface area contributed by atoms with E-state index in [2.05, 4.69) is 33.3 Å². The van der Waals surface area contributed by atoms with Crippen LogP contribution in [0.1, 0.15) is 37.6 Å². The number of rotatable bonds is 4. The van der Waals surface area contributed by atoms with Gasteiger partial charge in [-0.05, 0) is 48.7 Å². The summed E-state index contributed by atoms with van der Waals surface area (Å²) in [6, 6.07) is 0. The highest BCUT2D eigenvalue weighted by molar-refractivity contribution is 9.10. The number of carbonyl (C=O) groups excluding carboxylic acids is 1. The molecule has 0 bridgehead atoms. The average Bonchev–Trinajstić information content (AvgIpc) is 2.66. The van der Waals surface area contributed by atoms with Gasteiger partial charge in [0, 0.05) is 19.0 Å². The average molecular weight is 328 g/mol. The van der Waals surface area contributed by atoms with E-state index >= 15 is 0 Å². The summed E-state index contributed by atoms with van der Waals surface area (Å²) in [5.41, 5.74) is 1.74. The molecule has 1 aliphatic rings. The molecule has 1 aliphatic heterocycles. The van der Waals surface area contributed by atoms with E-state index in [-0.39, 0.29) is 5.41 Å². The zero-order valence-electron chi connectivity index (χ0n) is 11.9. The number of carbonyl (C=O) groups is 1. The summed E-state index contributed by atoms with van der Waals surface area (Å²) in [5, 5.41) is 7.73. The van der Waals surface area contributed by atoms with Crippen LogP contribution in [0.25, 0.3) is 0 Å². The van der Waals surface area contributed by atoms with Gasteiger partial charge in [0.15, 0.2) is 0 Å². The van der Waals surface area contributed by atoms with Crippen LogP contribution < -0.4 is 5.32 Å². The van der Waals surface area contributed by atoms with E-state index in [0.717, 1.165) is 48.2 Å². The molecule has 0 spiro atoms. The fourth-order valence-corrected chi connectivity index (χ4v) is 3.39. The molecule has 1 fully saturated rings. The van der Waals surface area contributed by atoms with Crippen molar-refractivity contribution in [2.75, 3.05) is 13.1 Å². The Labute approximate surface area is 123 Å². The SMILES string of the molecule is CCC1(C(=O)Cc2c(Br)c(C)nn2C)CCCNC1. The fourth-order valence-electron chi connectivity index (χ4n) is 2.92. The highest BCUT2D eigenvalue weighted by Crippen LogP contribution is 2.33. The van der Waals surface area contributed by atoms with E-state index in [1.165, 1.54) is 0 Å². The Hall–Kier alpha value is -0.680. The van der Waals surface area contributed by atoms with Crippen molar-refractivity contribution < 1.29 is 4.79 Å². The number of halogens is 1. The highest BCUT2D eigenvalue weighted by atomic mass is 79.9. The molecule has 2 rings (SSSR count). The maximum atomic E-state index is 12.7. The molecule has 1 aromatic heterocycles. The number of nitrogens with zero attached hydrogens (tertiary/aromatic N) is 2. The second-order valence-corrected chi connectivity index (χ2v) is 6.28. The normalized spacial score (nSPS) is 23.6. The Morgan fingerprint density at radius 3 is 2.79 bits per heavy atom. The lowest BCUT2D eigenvalue weighted by molar-refractivity contribution is -0.129. The zero-order chi connectivity index (χ0) is 14.0. The summed E-state index contributed by atoms with van der Waals surface area (Å²) in [7, 11) is 1.90. The molecular weight excluding hydrogens is 306 g/mol. The van der Waals surface area contributed by atoms with Crippen molar-refractivity contribution in [1.82, 2.24) is 15.1 Å². The Kier molecular flexibility index (Phi) is 4.46. The summed E-state index contributed by atoms with van der Waals surface area (Å²) in [4.78, 5) is 12.7. The molecule has 0 radical (unpaired) electrons. The van der Waals surface area contributed by atoms with Gasteiger partial charge in [-0.1, -0.05) is 6.92 Å². The first-order valence-electron chi connectivity index (χ1n) is 6.92. The minimum Gasteiger partial charge on any atom is -0.316 e. The topological polar surface area (TPSA) is 46.9 Å². The summed E-state index contributed by atoms with van der Waals surface area (Å²) in [6.45, 7) is 5.92. The van der Waals surface area contributed by atoms with Crippen LogP contribution in [0.3, 0.4) is 0 Å². The van der Waals surface area contributed by atoms with E-state index in [0.29, 0.717) is 12.2 Å². The van der Waals surface area contributed by atoms with Gasteiger partial charge in [0.2, 0.25) is 0 Å². The lowest BCUT2D eigenvalue weighted by atomic mass is 9.73. The second-order valence-electron chi connectivity index (χ2n) is 5.48. The van der Waals surface area contributed by atoms with Crippen LogP contribution in [-0.4, -0.2) is 28.7 Å². The van der Waals surface area contributed by atoms with Gasteiger partial charge in [-0.25, -0.2) is 0 Å². The van der Waals surface area contributed by atoms with Crippen LogP contribution >= 0.6 is 15.9 Å². The minimum absolute atomic E-state index is 0.185. The minimum atomic E-state index is -0.185. The van der Waals surface area contributed by atoms with Crippen LogP contribution in [0.4, 0.5) is 0 Å². The van der Waals surface area contributed by atoms with Crippen LogP contribution in [0.5, 0.6) is 0 Å². The largest absolute Gasteiger partial charge is 0.316 e. The predicted molar refractivity (Wildman–Crippen MR) is 79.2 cm³/mol. The molecule has 106 valence electrons. The molecule has 4 nitrogen and oxygen atoms in total. The second kappa shape index (κ2) is 5.75. The molecule has 5 heteroatoms. The number of piperidine rings is 1. The van der Waals surface area contributed by atoms with Gasteiger partial charge in [-0.2, -0.15) is 5.10 Å². The highest BCUT2D eigenvalue weighted by Gasteiger charge is 2.37. The number of hydrogen-bond donors (Lipinski definition) is 1. The number of hydrogen-bond acceptors (Lipinski definition) is 3. The lowest BCUT2D eigenvalue weighted by Crippen LogP contribution is -2.46. The predicted octanol–water partition coefficient (Wildman–Crippen LogP) is 2.38. The quantitative estimate of drug-likeness (QED) is 0.923. The van der Waals surface area contributed by atoms with Crippen molar-refractivity contribution in [2.24, 2.45) is 12.5 Å². The lowest BCUT2D eigenvalue weighted by Gasteiger charge is -2.35. The third-order valence-electron chi connectivity index (χ3n) is 4.33. The van der Waals surface area contributed by atoms with Gasteiger partial charge in [-0.3, -0.25) is 9.48 Å². The molecule has 1 N–H and O–H groups in total. The van der Waals surface area contributed by atoms with Crippen LogP contribution in [-0.2, 0) is 18.3 Å². The van der Waals surface area contributed by atoms with Gasteiger partial charge in [0.1, 0.15) is 5.78 Å². The molecule has 19 heavy (non-hydrogen) atoms. The summed E-state index contributed by atoms with van der Waals surface area (Å²) in [6.07, 6.45) is 3.47. The fraction of sp³-hybridized carbons (Fsp3) is 0.714. The number of ketones is 1. The van der Waals surface area contributed by atoms with E-state index in [1.807, 2.05) is 18.7 Å². The van der Waals surface area contributed by atoms with Gasteiger partial charge in [0.25, 0.3) is 0 Å². The standard InChI is InChI=1S/C14H22BrN3O/c1-4-14(6-5-7-16-9-14)12(19)8-11-13(15)10(2)17-18(11)3/h16H,4-9H2,1-3H3. The third kappa shape index (κ3) is 2.77. The monoisotopic (exact) mass is 327 g/mol. The molecule has 1 atom stereocenters. The first-order chi connectivity index (χ1) is 9.00. The van der Waals surface area contributed by atoms with Crippen molar-refractivity contribution in [1.29, 1.82) is 0 Å². The maximum Gasteiger partial charge on any atom is 0.146 e. The van der Waals surface area contributed by atoms with Crippen molar-refractivity contribution in [3.63, 3.8) is 0 Å². The van der Waals surface area contributed by atoms with E-state index in [9.17, 15) is 4.79 Å². The smallest absolute Gasteiger partial charge is 0.146 e. The van der Waals surface area contributed by atoms with Gasteiger partial charge in [-0.15, -0.1) is 0 Å². The number of aromatic nitrogens is 2. The molecule has 1 saturated heterocycles. The van der Waals surface area contributed by atoms with Gasteiger partial charge in [0.05, 0.1) is 22.3 Å². The molecule has 0 saturated carbocycles. The Bertz CT molecular complexity index is 475. The zero-order valence-corrected chi connectivity index (χ0v) is 13.5. The summed E-state index contributed by atoms with van der Waals surface area (Å²) >= 11 is 3.54. The van der Waals surface area contributed by atoms with Crippen LogP contribution in [0.2, 0.25) is 0 Å². The van der Waals surface area contributed by atoms with Crippen molar-refractivity contribution in [2.45, 2.75) is 39.5 Å². The summed E-state index contributed by atoms with van der Waals surface area (Å²) in [5.74, 6) is 0.339. The number of nitrogens with one attached hydrogen (secondary N) is 1. The third-order valence-corrected chi connectivity index (χ3v) is 5.36. The molecule has 0 aromatic carbocycles. The molecule has 1 aromatic rings. The molecular formula is C14H22BrN3O. The van der Waals surface area contributed by atoms with Crippen molar-refractivity contribution in [3.8, 4) is 0 Å². The molecule has 2 heterocycles. The van der Waals surface area contributed by atoms with E-state index in [4.69, 9.17) is 0 Å². The molecule has 0 aliphatic carbocycles. The van der Waals surface area contributed by atoms with Gasteiger partial charge >= 0.3 is 0 Å². The van der Waals surface area contributed by atoms with E-state index in [1.54, 1.807) is 0 Å². The maximum absolute atomic E-state index is 12.7. The van der Waals surface area contributed by atoms with Crippen molar-refractivity contribution in [3.05, 3.63) is 15.9 Å². The van der Waals surface area contributed by atoms with Crippen molar-refractivity contribution >= 4 is 21.7 Å². The Morgan fingerprint density at radius 2 is 2.32 bits per heavy atom. The van der Waals surface area contributed by atoms with Gasteiger partial charge < -0.3 is 5.32 Å². The van der Waals surface area contributed by atoms with Crippen LogP contribution in [0, 0.1) is 12.3 Å². The first-order valence-corrected chi connectivity index (χ1v) is 7.71. The van der Waals surface area contributed by atoms with E-state index < -0.39 is 0 Å². The first kappa shape index (κ1) is 14.7. The summed E-state index contributed by atoms with van der Waals surface area (Å²) < 4.78 is 2.79. The number of Topliss-reactive ketones (excluding diaryl/α,β-unsaturated/α-hetero) is 1. The number of aryl methyl sites for hydroxylation is 2. The molecule has 1 unspecified atom stereocenters.